The Morgan fingerprint density at radius 3 is 2.35 bits per heavy atom. The summed E-state index contributed by atoms with van der Waals surface area (Å²) in [6, 6.07) is 13.5. The van der Waals surface area contributed by atoms with E-state index in [0.29, 0.717) is 59.7 Å². The van der Waals surface area contributed by atoms with Gasteiger partial charge in [0.25, 0.3) is 21.9 Å². The summed E-state index contributed by atoms with van der Waals surface area (Å²) >= 11 is 0. The minimum Gasteiger partial charge on any atom is -0.491 e. The van der Waals surface area contributed by atoms with Gasteiger partial charge in [0.05, 0.1) is 29.5 Å². The summed E-state index contributed by atoms with van der Waals surface area (Å²) in [5.74, 6) is -1.40. The van der Waals surface area contributed by atoms with E-state index >= 15 is 0 Å². The maximum atomic E-state index is 13.6. The smallest absolute Gasteiger partial charge is 0.323 e. The van der Waals surface area contributed by atoms with Gasteiger partial charge >= 0.3 is 5.97 Å². The molecule has 0 spiro atoms. The number of carboxylic acid groups (broad SMARTS) is 1. The van der Waals surface area contributed by atoms with E-state index in [0.717, 1.165) is 5.56 Å². The Morgan fingerprint density at radius 1 is 0.908 bits per heavy atom. The van der Waals surface area contributed by atoms with E-state index in [4.69, 9.17) is 4.74 Å². The summed E-state index contributed by atoms with van der Waals surface area (Å²) < 4.78 is 69.5. The summed E-state index contributed by atoms with van der Waals surface area (Å²) in [7, 11) is -8.74. The number of pyridine rings is 1. The number of rotatable bonds is 22. The van der Waals surface area contributed by atoms with Crippen molar-refractivity contribution in [2.24, 2.45) is 5.10 Å². The molecule has 0 radical (unpaired) electrons. The fourth-order valence-corrected chi connectivity index (χ4v) is 9.17. The molecule has 2 amide bonds. The van der Waals surface area contributed by atoms with E-state index in [1.807, 2.05) is 6.92 Å². The average Bonchev–Trinajstić information content (AvgIpc) is 3.93. The summed E-state index contributed by atoms with van der Waals surface area (Å²) in [4.78, 5) is 49.7. The molecule has 3 heterocycles. The van der Waals surface area contributed by atoms with Crippen LogP contribution in [0.25, 0.3) is 10.9 Å². The van der Waals surface area contributed by atoms with E-state index < -0.39 is 50.5 Å². The van der Waals surface area contributed by atoms with Gasteiger partial charge in [-0.15, -0.1) is 0 Å². The van der Waals surface area contributed by atoms with Gasteiger partial charge in [-0.3, -0.25) is 29.0 Å². The standard InChI is InChI=1S/C42H47N11O10S2/c1-26-18-27(2)38(28(3)19-26)64(58,59)52-33(41(56)57)25-48-40(55)31-20-32-24-50-53(16-6-12-44-42-45-14-15-46-42)37(32)34(21-31)63-17-7-13-43-39(54)30-10-11-36(47-22-30)51-49-23-29-8-4-5-9-35(29)65(60,61)62/h4-5,8-11,14-15,18-24,33,52H,6-7,12-13,16-17,25H2,1-3H3,(H,43,54)(H,47,51)(H,48,55)(H,56,57)(H2,44,45,46)(H,60,61,62)/b49-23+. The average molecular weight is 930 g/mol. The first-order chi connectivity index (χ1) is 31.0. The molecule has 6 aromatic rings. The number of carbonyl (C=O) groups is 3. The highest BCUT2D eigenvalue weighted by Crippen LogP contribution is 2.29. The third-order valence-corrected chi connectivity index (χ3v) is 12.4. The highest BCUT2D eigenvalue weighted by molar-refractivity contribution is 7.89. The summed E-state index contributed by atoms with van der Waals surface area (Å²) in [6.07, 6.45) is 8.43. The molecule has 0 fully saturated rings. The minimum atomic E-state index is -4.45. The lowest BCUT2D eigenvalue weighted by molar-refractivity contribution is -0.138. The van der Waals surface area contributed by atoms with Crippen molar-refractivity contribution >= 4 is 66.8 Å². The molecule has 21 nitrogen and oxygen atoms in total. The molecule has 1 atom stereocenters. The van der Waals surface area contributed by atoms with Gasteiger partial charge in [-0.2, -0.15) is 23.3 Å². The van der Waals surface area contributed by atoms with Gasteiger partial charge in [0, 0.05) is 61.3 Å². The number of hydrazone groups is 1. The van der Waals surface area contributed by atoms with Gasteiger partial charge in [-0.25, -0.2) is 18.4 Å². The van der Waals surface area contributed by atoms with Crippen molar-refractivity contribution in [3.8, 4) is 5.75 Å². The SMILES string of the molecule is Cc1cc(C)c(S(=O)(=O)NC(CNC(=O)c2cc(OCCCNC(=O)c3ccc(N/N=C/c4ccccc4S(=O)(=O)O)nc3)c3c(cnn3CCCNc3ncc[nH]3)c2)C(=O)O)c(C)c1. The third kappa shape index (κ3) is 12.5. The predicted octanol–water partition coefficient (Wildman–Crippen LogP) is 3.63. The van der Waals surface area contributed by atoms with Crippen LogP contribution in [0.3, 0.4) is 0 Å². The minimum absolute atomic E-state index is 0.0321. The molecule has 65 heavy (non-hydrogen) atoms. The number of imidazole rings is 1. The number of nitrogens with one attached hydrogen (secondary N) is 6. The van der Waals surface area contributed by atoms with E-state index in [1.54, 1.807) is 61.4 Å². The van der Waals surface area contributed by atoms with Crippen LogP contribution in [0.5, 0.6) is 5.75 Å². The number of aromatic nitrogens is 5. The monoisotopic (exact) mass is 929 g/mol. The normalized spacial score (nSPS) is 12.2. The number of aliphatic carboxylic acids is 1. The third-order valence-electron chi connectivity index (χ3n) is 9.70. The van der Waals surface area contributed by atoms with Crippen molar-refractivity contribution < 1.29 is 45.6 Å². The number of hydrogen-bond acceptors (Lipinski definition) is 14. The van der Waals surface area contributed by atoms with Crippen molar-refractivity contribution in [3.05, 3.63) is 119 Å². The van der Waals surface area contributed by atoms with Crippen LogP contribution in [-0.2, 0) is 31.5 Å². The molecule has 0 saturated heterocycles. The molecule has 0 bridgehead atoms. The lowest BCUT2D eigenvalue weighted by Crippen LogP contribution is -2.48. The second-order valence-corrected chi connectivity index (χ2v) is 17.8. The lowest BCUT2D eigenvalue weighted by Gasteiger charge is -2.18. The van der Waals surface area contributed by atoms with E-state index in [9.17, 15) is 40.9 Å². The van der Waals surface area contributed by atoms with Gasteiger partial charge in [-0.1, -0.05) is 35.9 Å². The van der Waals surface area contributed by atoms with Crippen LogP contribution in [0.4, 0.5) is 11.8 Å². The Labute approximate surface area is 373 Å². The number of carbonyl (C=O) groups excluding carboxylic acids is 2. The Morgan fingerprint density at radius 2 is 1.66 bits per heavy atom. The molecule has 1 unspecified atom stereocenters. The summed E-state index contributed by atoms with van der Waals surface area (Å²) in [5, 5.41) is 27.5. The largest absolute Gasteiger partial charge is 0.491 e. The van der Waals surface area contributed by atoms with Gasteiger partial charge < -0.3 is 30.8 Å². The van der Waals surface area contributed by atoms with Crippen molar-refractivity contribution in [3.63, 3.8) is 0 Å². The molecule has 3 aromatic carbocycles. The highest BCUT2D eigenvalue weighted by Gasteiger charge is 2.29. The zero-order valence-electron chi connectivity index (χ0n) is 35.4. The number of aromatic amines is 1. The second kappa shape index (κ2) is 21.0. The van der Waals surface area contributed by atoms with E-state index in [-0.39, 0.29) is 45.5 Å². The van der Waals surface area contributed by atoms with Crippen LogP contribution in [0.1, 0.15) is 55.8 Å². The number of ether oxygens (including phenoxy) is 1. The number of H-pyrrole nitrogens is 1. The molecule has 8 N–H and O–H groups in total. The van der Waals surface area contributed by atoms with Crippen LogP contribution in [0.2, 0.25) is 0 Å². The molecular weight excluding hydrogens is 883 g/mol. The first-order valence-corrected chi connectivity index (χ1v) is 23.0. The first kappa shape index (κ1) is 47.3. The zero-order chi connectivity index (χ0) is 46.7. The van der Waals surface area contributed by atoms with Gasteiger partial charge in [0.1, 0.15) is 28.0 Å². The quantitative estimate of drug-likeness (QED) is 0.0209. The Bertz CT molecular complexity index is 2900. The number of amides is 2. The first-order valence-electron chi connectivity index (χ1n) is 20.1. The van der Waals surface area contributed by atoms with Crippen molar-refractivity contribution in [2.45, 2.75) is 56.0 Å². The van der Waals surface area contributed by atoms with Crippen LogP contribution in [-0.4, -0.2) is 108 Å². The molecule has 0 aliphatic rings. The molecule has 342 valence electrons. The topological polar surface area (TPSA) is 301 Å². The zero-order valence-corrected chi connectivity index (χ0v) is 37.0. The van der Waals surface area contributed by atoms with Gasteiger partial charge in [-0.05, 0) is 75.1 Å². The molecule has 0 aliphatic carbocycles. The number of benzene rings is 3. The molecule has 0 aliphatic heterocycles. The Balaban J connectivity index is 1.08. The summed E-state index contributed by atoms with van der Waals surface area (Å²) in [5.41, 5.74) is 5.50. The fourth-order valence-electron chi connectivity index (χ4n) is 6.86. The maximum Gasteiger partial charge on any atom is 0.323 e. The van der Waals surface area contributed by atoms with E-state index in [1.165, 1.54) is 48.8 Å². The van der Waals surface area contributed by atoms with Crippen LogP contribution < -0.4 is 30.8 Å². The molecule has 6 rings (SSSR count). The highest BCUT2D eigenvalue weighted by atomic mass is 32.2. The number of carboxylic acids is 1. The second-order valence-electron chi connectivity index (χ2n) is 14.7. The lowest BCUT2D eigenvalue weighted by atomic mass is 10.1. The number of fused-ring (bicyclic) bond motifs is 1. The van der Waals surface area contributed by atoms with Crippen LogP contribution in [0.15, 0.2) is 100 Å². The van der Waals surface area contributed by atoms with Crippen molar-refractivity contribution in [2.75, 3.05) is 37.0 Å². The molecule has 3 aromatic heterocycles. The Hall–Kier alpha value is -7.21. The number of hydrogen-bond donors (Lipinski definition) is 8. The summed E-state index contributed by atoms with van der Waals surface area (Å²) in [6.45, 7) is 5.84. The number of sulfonamides is 1. The van der Waals surface area contributed by atoms with Crippen molar-refractivity contribution in [1.82, 2.24) is 40.1 Å². The van der Waals surface area contributed by atoms with Crippen molar-refractivity contribution in [1.29, 1.82) is 0 Å². The fraction of sp³-hybridized carbons (Fsp3) is 0.262. The molecule has 0 saturated carbocycles. The Kier molecular flexibility index (Phi) is 15.3. The number of nitrogens with zero attached hydrogens (tertiary/aromatic N) is 5. The van der Waals surface area contributed by atoms with E-state index in [2.05, 4.69) is 51.3 Å². The van der Waals surface area contributed by atoms with Gasteiger partial charge in [0.2, 0.25) is 10.0 Å². The number of aryl methyl sites for hydroxylation is 4. The maximum absolute atomic E-state index is 13.6. The van der Waals surface area contributed by atoms with Crippen LogP contribution >= 0.6 is 0 Å². The van der Waals surface area contributed by atoms with Gasteiger partial charge in [0.15, 0.2) is 5.95 Å². The predicted molar refractivity (Wildman–Crippen MR) is 240 cm³/mol. The number of anilines is 2. The molecule has 23 heteroatoms. The molecular formula is C42H47N11O10S2. The van der Waals surface area contributed by atoms with Crippen LogP contribution in [0, 0.1) is 20.8 Å².